The van der Waals surface area contributed by atoms with E-state index in [4.69, 9.17) is 0 Å². The number of benzene rings is 1. The number of hydrazone groups is 1. The first-order chi connectivity index (χ1) is 12.2. The van der Waals surface area contributed by atoms with E-state index >= 15 is 0 Å². The molecule has 2 N–H and O–H groups in total. The molecule has 3 rings (SSSR count). The number of amides is 1. The molecule has 0 atom stereocenters. The average Bonchev–Trinajstić information content (AvgIpc) is 3.16. The molecule has 6 nitrogen and oxygen atoms in total. The van der Waals surface area contributed by atoms with Gasteiger partial charge in [0, 0.05) is 23.5 Å². The molecule has 0 bridgehead atoms. The van der Waals surface area contributed by atoms with Gasteiger partial charge in [-0.25, -0.2) is 10.4 Å². The fourth-order valence-electron chi connectivity index (χ4n) is 2.05. The maximum Gasteiger partial charge on any atom is 0.291 e. The van der Waals surface area contributed by atoms with Crippen LogP contribution in [0.4, 0.5) is 0 Å². The van der Waals surface area contributed by atoms with Gasteiger partial charge in [0.2, 0.25) is 0 Å². The van der Waals surface area contributed by atoms with Crippen LogP contribution in [-0.4, -0.2) is 27.2 Å². The number of phenolic OH excluding ortho intramolecular Hbond substituents is 1. The summed E-state index contributed by atoms with van der Waals surface area (Å²) in [7, 11) is 0. The Balaban J connectivity index is 1.69. The number of hydrogen-bond donors (Lipinski definition) is 2. The zero-order valence-electron chi connectivity index (χ0n) is 13.1. The van der Waals surface area contributed by atoms with Crippen molar-refractivity contribution in [2.75, 3.05) is 0 Å². The second-order valence-electron chi connectivity index (χ2n) is 5.07. The third kappa shape index (κ3) is 4.37. The first-order valence-corrected chi connectivity index (χ1v) is 7.46. The lowest BCUT2D eigenvalue weighted by molar-refractivity contribution is 0.0949. The summed E-state index contributed by atoms with van der Waals surface area (Å²) in [5.41, 5.74) is 7.91. The maximum absolute atomic E-state index is 11.8. The number of nitrogens with one attached hydrogen (secondary N) is 1. The number of carbonyl (C=O) groups is 1. The van der Waals surface area contributed by atoms with Crippen molar-refractivity contribution in [1.82, 2.24) is 15.4 Å². The molecule has 1 aromatic carbocycles. The molecule has 0 spiro atoms. The predicted octanol–water partition coefficient (Wildman–Crippen LogP) is 2.61. The van der Waals surface area contributed by atoms with E-state index in [-0.39, 0.29) is 11.4 Å². The Hall–Kier alpha value is -3.76. The third-order valence-electron chi connectivity index (χ3n) is 3.29. The number of hydrogen-bond acceptors (Lipinski definition) is 5. The zero-order chi connectivity index (χ0) is 17.5. The van der Waals surface area contributed by atoms with Crippen LogP contribution in [0, 0.1) is 0 Å². The lowest BCUT2D eigenvalue weighted by Gasteiger charge is -2.01. The summed E-state index contributed by atoms with van der Waals surface area (Å²) < 4.78 is 0. The number of carbonyl (C=O) groups excluding carboxylic acids is 1. The maximum atomic E-state index is 11.8. The van der Waals surface area contributed by atoms with Crippen LogP contribution in [0.15, 0.2) is 77.5 Å². The van der Waals surface area contributed by atoms with Gasteiger partial charge in [0.15, 0.2) is 0 Å². The second-order valence-corrected chi connectivity index (χ2v) is 5.07. The van der Waals surface area contributed by atoms with E-state index in [0.29, 0.717) is 5.56 Å². The summed E-state index contributed by atoms with van der Waals surface area (Å²) in [5, 5.41) is 13.8. The van der Waals surface area contributed by atoms with Crippen molar-refractivity contribution in [2.24, 2.45) is 5.10 Å². The van der Waals surface area contributed by atoms with Crippen molar-refractivity contribution in [3.63, 3.8) is 0 Å². The van der Waals surface area contributed by atoms with Crippen molar-refractivity contribution in [3.8, 4) is 5.75 Å². The van der Waals surface area contributed by atoms with Crippen molar-refractivity contribution in [1.29, 1.82) is 0 Å². The molecular weight excluding hydrogens is 316 g/mol. The van der Waals surface area contributed by atoms with Crippen LogP contribution >= 0.6 is 0 Å². The summed E-state index contributed by atoms with van der Waals surface area (Å²) in [4.78, 5) is 19.5. The molecule has 1 heterocycles. The summed E-state index contributed by atoms with van der Waals surface area (Å²) in [6.07, 6.45) is 15.1. The van der Waals surface area contributed by atoms with Gasteiger partial charge in [0.05, 0.1) is 12.4 Å². The molecule has 0 fully saturated rings. The summed E-state index contributed by atoms with van der Waals surface area (Å²) in [6, 6.07) is 5.11. The quantitative estimate of drug-likeness (QED) is 0.501. The van der Waals surface area contributed by atoms with Crippen LogP contribution in [0.3, 0.4) is 0 Å². The van der Waals surface area contributed by atoms with Crippen LogP contribution < -0.4 is 5.43 Å². The van der Waals surface area contributed by atoms with Crippen molar-refractivity contribution in [3.05, 3.63) is 89.2 Å². The molecule has 0 aliphatic heterocycles. The van der Waals surface area contributed by atoms with E-state index < -0.39 is 5.91 Å². The minimum Gasteiger partial charge on any atom is -0.507 e. The zero-order valence-corrected chi connectivity index (χ0v) is 13.1. The van der Waals surface area contributed by atoms with Crippen molar-refractivity contribution in [2.45, 2.75) is 0 Å². The number of nitrogens with zero attached hydrogens (tertiary/aromatic N) is 3. The van der Waals surface area contributed by atoms with E-state index in [0.717, 1.165) is 11.1 Å². The minimum atomic E-state index is -0.480. The molecule has 1 amide bonds. The van der Waals surface area contributed by atoms with E-state index in [1.807, 2.05) is 30.4 Å². The Morgan fingerprint density at radius 3 is 2.96 bits per heavy atom. The molecular formula is C19H14N4O2. The molecule has 1 aliphatic rings. The number of allylic oxidation sites excluding steroid dienone is 4. The Morgan fingerprint density at radius 2 is 2.20 bits per heavy atom. The number of phenols is 1. The van der Waals surface area contributed by atoms with Crippen LogP contribution in [0.1, 0.15) is 21.6 Å². The van der Waals surface area contributed by atoms with Crippen LogP contribution in [0.5, 0.6) is 5.75 Å². The van der Waals surface area contributed by atoms with Crippen LogP contribution in [0.25, 0.3) is 6.08 Å². The van der Waals surface area contributed by atoms with Gasteiger partial charge in [-0.1, -0.05) is 18.2 Å². The fourth-order valence-corrected chi connectivity index (χ4v) is 2.05. The van der Waals surface area contributed by atoms with Crippen molar-refractivity contribution >= 4 is 18.2 Å². The number of aromatic hydroxyl groups is 1. The standard InChI is InChI=1S/C19H14N4O2/c24-18-8-7-15(6-5-14-3-1-2-4-14)11-16(18)12-22-23-19(25)17-13-20-9-10-21-17/h1-3,5-13,24H,(H,23,25)/b6-5+,22-12+. The number of aromatic nitrogens is 2. The van der Waals surface area contributed by atoms with Gasteiger partial charge >= 0.3 is 0 Å². The topological polar surface area (TPSA) is 87.5 Å². The fraction of sp³-hybridized carbons (Fsp3) is 0. The largest absolute Gasteiger partial charge is 0.507 e. The predicted molar refractivity (Wildman–Crippen MR) is 95.0 cm³/mol. The van der Waals surface area contributed by atoms with Crippen LogP contribution in [0.2, 0.25) is 0 Å². The molecule has 0 unspecified atom stereocenters. The molecule has 0 saturated carbocycles. The lowest BCUT2D eigenvalue weighted by atomic mass is 10.1. The lowest BCUT2D eigenvalue weighted by Crippen LogP contribution is -2.19. The Kier molecular flexibility index (Phi) is 4.95. The number of rotatable bonds is 5. The van der Waals surface area contributed by atoms with E-state index in [2.05, 4.69) is 26.2 Å². The Labute approximate surface area is 144 Å². The molecule has 122 valence electrons. The molecule has 0 saturated heterocycles. The SMILES string of the molecule is O=C(N/N=C/c1cc(/C=C/C2=C=CC=C2)ccc1O)c1cnccn1. The summed E-state index contributed by atoms with van der Waals surface area (Å²) in [6.45, 7) is 0. The third-order valence-corrected chi connectivity index (χ3v) is 3.29. The van der Waals surface area contributed by atoms with E-state index in [1.54, 1.807) is 18.2 Å². The highest BCUT2D eigenvalue weighted by atomic mass is 16.3. The summed E-state index contributed by atoms with van der Waals surface area (Å²) >= 11 is 0. The van der Waals surface area contributed by atoms with Crippen LogP contribution in [-0.2, 0) is 0 Å². The molecule has 0 radical (unpaired) electrons. The minimum absolute atomic E-state index is 0.0644. The molecule has 1 aliphatic carbocycles. The highest BCUT2D eigenvalue weighted by molar-refractivity contribution is 5.93. The first kappa shape index (κ1) is 16.1. The van der Waals surface area contributed by atoms with Gasteiger partial charge in [-0.05, 0) is 35.9 Å². The first-order valence-electron chi connectivity index (χ1n) is 7.46. The molecule has 25 heavy (non-hydrogen) atoms. The average molecular weight is 330 g/mol. The Bertz CT molecular complexity index is 937. The van der Waals surface area contributed by atoms with E-state index in [1.165, 1.54) is 24.8 Å². The highest BCUT2D eigenvalue weighted by Crippen LogP contribution is 2.18. The molecule has 1 aromatic heterocycles. The van der Waals surface area contributed by atoms with E-state index in [9.17, 15) is 9.90 Å². The molecule has 2 aromatic rings. The normalized spacial score (nSPS) is 12.9. The second kappa shape index (κ2) is 7.68. The summed E-state index contributed by atoms with van der Waals surface area (Å²) in [5.74, 6) is -0.416. The highest BCUT2D eigenvalue weighted by Gasteiger charge is 2.05. The van der Waals surface area contributed by atoms with Crippen molar-refractivity contribution < 1.29 is 9.90 Å². The molecule has 6 heteroatoms. The van der Waals surface area contributed by atoms with Gasteiger partial charge in [-0.3, -0.25) is 9.78 Å². The van der Waals surface area contributed by atoms with Gasteiger partial charge in [0.1, 0.15) is 11.4 Å². The smallest absolute Gasteiger partial charge is 0.291 e. The Morgan fingerprint density at radius 1 is 1.28 bits per heavy atom. The monoisotopic (exact) mass is 330 g/mol. The van der Waals surface area contributed by atoms with Gasteiger partial charge in [0.25, 0.3) is 5.91 Å². The van der Waals surface area contributed by atoms with Gasteiger partial charge in [-0.15, -0.1) is 5.73 Å². The van der Waals surface area contributed by atoms with Gasteiger partial charge < -0.3 is 5.11 Å². The van der Waals surface area contributed by atoms with Gasteiger partial charge in [-0.2, -0.15) is 5.10 Å².